The van der Waals surface area contributed by atoms with E-state index in [2.05, 4.69) is 40.2 Å². The van der Waals surface area contributed by atoms with Gasteiger partial charge < -0.3 is 10.1 Å². The summed E-state index contributed by atoms with van der Waals surface area (Å²) in [5, 5.41) is 9.04. The van der Waals surface area contributed by atoms with Crippen molar-refractivity contribution in [2.24, 2.45) is 0 Å². The SMILES string of the molecule is CNC[C@H]1O[C@H](C)Cn2nc3ccccc3c21. The van der Waals surface area contributed by atoms with Crippen molar-refractivity contribution in [2.75, 3.05) is 13.6 Å². The zero-order valence-electron chi connectivity index (χ0n) is 10.2. The van der Waals surface area contributed by atoms with Gasteiger partial charge in [0.1, 0.15) is 6.10 Å². The average Bonchev–Trinajstić information content (AvgIpc) is 2.67. The molecule has 3 rings (SSSR count). The van der Waals surface area contributed by atoms with Gasteiger partial charge in [0.2, 0.25) is 0 Å². The lowest BCUT2D eigenvalue weighted by Gasteiger charge is -2.29. The van der Waals surface area contributed by atoms with Crippen LogP contribution in [0.2, 0.25) is 0 Å². The molecule has 2 atom stereocenters. The van der Waals surface area contributed by atoms with Gasteiger partial charge in [0.25, 0.3) is 0 Å². The third kappa shape index (κ3) is 1.73. The van der Waals surface area contributed by atoms with E-state index in [-0.39, 0.29) is 12.2 Å². The van der Waals surface area contributed by atoms with Gasteiger partial charge in [-0.05, 0) is 20.0 Å². The summed E-state index contributed by atoms with van der Waals surface area (Å²) in [5.41, 5.74) is 2.26. The Labute approximate surface area is 101 Å². The summed E-state index contributed by atoms with van der Waals surface area (Å²) in [5.74, 6) is 0. The van der Waals surface area contributed by atoms with Crippen molar-refractivity contribution >= 4 is 10.9 Å². The molecule has 1 aromatic heterocycles. The van der Waals surface area contributed by atoms with Gasteiger partial charge in [0.05, 0.1) is 23.9 Å². The van der Waals surface area contributed by atoms with Gasteiger partial charge >= 0.3 is 0 Å². The molecule has 1 N–H and O–H groups in total. The third-order valence-electron chi connectivity index (χ3n) is 3.21. The quantitative estimate of drug-likeness (QED) is 0.855. The molecule has 0 aliphatic carbocycles. The summed E-state index contributed by atoms with van der Waals surface area (Å²) < 4.78 is 8.09. The first-order valence-electron chi connectivity index (χ1n) is 6.05. The molecule has 4 heteroatoms. The Morgan fingerprint density at radius 2 is 2.29 bits per heavy atom. The fourth-order valence-corrected chi connectivity index (χ4v) is 2.54. The minimum atomic E-state index is 0.0937. The smallest absolute Gasteiger partial charge is 0.113 e. The lowest BCUT2D eigenvalue weighted by atomic mass is 10.1. The van der Waals surface area contributed by atoms with Crippen LogP contribution in [0.1, 0.15) is 18.7 Å². The van der Waals surface area contributed by atoms with Crippen molar-refractivity contribution in [3.05, 3.63) is 30.0 Å². The molecule has 0 spiro atoms. The average molecular weight is 231 g/mol. The second-order valence-electron chi connectivity index (χ2n) is 4.58. The minimum Gasteiger partial charge on any atom is -0.366 e. The number of nitrogens with one attached hydrogen (secondary N) is 1. The first-order valence-corrected chi connectivity index (χ1v) is 6.05. The van der Waals surface area contributed by atoms with E-state index in [0.717, 1.165) is 18.6 Å². The van der Waals surface area contributed by atoms with Crippen molar-refractivity contribution in [3.8, 4) is 0 Å². The lowest BCUT2D eigenvalue weighted by Crippen LogP contribution is -2.33. The molecule has 0 saturated heterocycles. The van der Waals surface area contributed by atoms with Crippen LogP contribution in [0.3, 0.4) is 0 Å². The van der Waals surface area contributed by atoms with Crippen LogP contribution in [-0.4, -0.2) is 29.5 Å². The van der Waals surface area contributed by atoms with Crippen LogP contribution in [0.15, 0.2) is 24.3 Å². The fourth-order valence-electron chi connectivity index (χ4n) is 2.54. The number of hydrogen-bond donors (Lipinski definition) is 1. The van der Waals surface area contributed by atoms with Gasteiger partial charge in [-0.3, -0.25) is 4.68 Å². The fraction of sp³-hybridized carbons (Fsp3) is 0.462. The van der Waals surface area contributed by atoms with E-state index in [1.54, 1.807) is 0 Å². The van der Waals surface area contributed by atoms with Crippen LogP contribution in [0.5, 0.6) is 0 Å². The number of likely N-dealkylation sites (N-methyl/N-ethyl adjacent to an activating group) is 1. The summed E-state index contributed by atoms with van der Waals surface area (Å²) in [6, 6.07) is 8.26. The van der Waals surface area contributed by atoms with Crippen LogP contribution >= 0.6 is 0 Å². The minimum absolute atomic E-state index is 0.0937. The van der Waals surface area contributed by atoms with Crippen molar-refractivity contribution in [3.63, 3.8) is 0 Å². The van der Waals surface area contributed by atoms with E-state index >= 15 is 0 Å². The molecule has 0 saturated carbocycles. The maximum absolute atomic E-state index is 6.00. The van der Waals surface area contributed by atoms with Gasteiger partial charge in [-0.1, -0.05) is 18.2 Å². The highest BCUT2D eigenvalue weighted by Crippen LogP contribution is 2.31. The standard InChI is InChI=1S/C13H17N3O/c1-9-8-16-13(12(17-9)7-14-2)10-5-3-4-6-11(10)15-16/h3-6,9,12,14H,7-8H2,1-2H3/t9-,12-/m1/s1. The predicted molar refractivity (Wildman–Crippen MR) is 66.9 cm³/mol. The summed E-state index contributed by atoms with van der Waals surface area (Å²) in [6.07, 6.45) is 0.311. The Morgan fingerprint density at radius 1 is 1.47 bits per heavy atom. The van der Waals surface area contributed by atoms with Crippen molar-refractivity contribution in [1.82, 2.24) is 15.1 Å². The summed E-state index contributed by atoms with van der Waals surface area (Å²) >= 11 is 0. The Kier molecular flexibility index (Phi) is 2.61. The van der Waals surface area contributed by atoms with Crippen molar-refractivity contribution < 1.29 is 4.74 Å². The van der Waals surface area contributed by atoms with E-state index in [1.165, 1.54) is 11.1 Å². The molecule has 2 heterocycles. The van der Waals surface area contributed by atoms with Crippen LogP contribution in [0, 0.1) is 0 Å². The Morgan fingerprint density at radius 3 is 3.12 bits per heavy atom. The van der Waals surface area contributed by atoms with Crippen LogP contribution < -0.4 is 5.32 Å². The monoisotopic (exact) mass is 231 g/mol. The van der Waals surface area contributed by atoms with E-state index in [4.69, 9.17) is 4.74 Å². The molecular formula is C13H17N3O. The largest absolute Gasteiger partial charge is 0.366 e. The van der Waals surface area contributed by atoms with E-state index < -0.39 is 0 Å². The van der Waals surface area contributed by atoms with Crippen LogP contribution in [0.25, 0.3) is 10.9 Å². The summed E-state index contributed by atoms with van der Waals surface area (Å²) in [6.45, 7) is 3.75. The molecule has 0 fully saturated rings. The van der Waals surface area contributed by atoms with Gasteiger partial charge in [0.15, 0.2) is 0 Å². The number of nitrogens with zero attached hydrogens (tertiary/aromatic N) is 2. The van der Waals surface area contributed by atoms with Gasteiger partial charge in [-0.25, -0.2) is 0 Å². The number of rotatable bonds is 2. The maximum Gasteiger partial charge on any atom is 0.113 e. The molecule has 2 aromatic rings. The summed E-state index contributed by atoms with van der Waals surface area (Å²) in [4.78, 5) is 0. The van der Waals surface area contributed by atoms with Crippen LogP contribution in [0.4, 0.5) is 0 Å². The topological polar surface area (TPSA) is 39.1 Å². The summed E-state index contributed by atoms with van der Waals surface area (Å²) in [7, 11) is 1.95. The second kappa shape index (κ2) is 4.13. The molecule has 0 amide bonds. The van der Waals surface area contributed by atoms with Gasteiger partial charge in [0, 0.05) is 11.9 Å². The van der Waals surface area contributed by atoms with E-state index in [9.17, 15) is 0 Å². The normalized spacial score (nSPS) is 23.9. The number of ether oxygens (including phenoxy) is 1. The van der Waals surface area contributed by atoms with Crippen molar-refractivity contribution in [1.29, 1.82) is 0 Å². The molecule has 0 bridgehead atoms. The first-order chi connectivity index (χ1) is 8.29. The molecule has 0 radical (unpaired) electrons. The lowest BCUT2D eigenvalue weighted by molar-refractivity contribution is -0.0375. The first kappa shape index (κ1) is 10.7. The second-order valence-corrected chi connectivity index (χ2v) is 4.58. The molecule has 1 aliphatic heterocycles. The highest BCUT2D eigenvalue weighted by Gasteiger charge is 2.28. The van der Waals surface area contributed by atoms with E-state index in [1.807, 2.05) is 13.1 Å². The molecular weight excluding hydrogens is 214 g/mol. The zero-order chi connectivity index (χ0) is 11.8. The van der Waals surface area contributed by atoms with E-state index in [0.29, 0.717) is 0 Å². The molecule has 90 valence electrons. The number of aromatic nitrogens is 2. The highest BCUT2D eigenvalue weighted by atomic mass is 16.5. The van der Waals surface area contributed by atoms with Crippen molar-refractivity contribution in [2.45, 2.75) is 25.7 Å². The Hall–Kier alpha value is -1.39. The van der Waals surface area contributed by atoms with Gasteiger partial charge in [-0.15, -0.1) is 0 Å². The molecule has 1 aromatic carbocycles. The maximum atomic E-state index is 6.00. The Bertz CT molecular complexity index is 534. The van der Waals surface area contributed by atoms with Gasteiger partial charge in [-0.2, -0.15) is 5.10 Å². The molecule has 1 aliphatic rings. The number of benzene rings is 1. The predicted octanol–water partition coefficient (Wildman–Crippen LogP) is 1.72. The Balaban J connectivity index is 2.15. The molecule has 0 unspecified atom stereocenters. The number of hydrogen-bond acceptors (Lipinski definition) is 3. The highest BCUT2D eigenvalue weighted by molar-refractivity contribution is 5.82. The zero-order valence-corrected chi connectivity index (χ0v) is 10.2. The number of fused-ring (bicyclic) bond motifs is 3. The molecule has 4 nitrogen and oxygen atoms in total. The third-order valence-corrected chi connectivity index (χ3v) is 3.21. The van der Waals surface area contributed by atoms with Crippen LogP contribution in [-0.2, 0) is 11.3 Å². The molecule has 17 heavy (non-hydrogen) atoms.